The summed E-state index contributed by atoms with van der Waals surface area (Å²) in [6, 6.07) is 0. The van der Waals surface area contributed by atoms with Gasteiger partial charge >= 0.3 is 0 Å². The molecule has 0 amide bonds. The van der Waals surface area contributed by atoms with E-state index >= 15 is 0 Å². The van der Waals surface area contributed by atoms with Crippen LogP contribution < -0.4 is 5.73 Å². The molecule has 0 saturated carbocycles. The van der Waals surface area contributed by atoms with Gasteiger partial charge in [-0.25, -0.2) is 4.98 Å². The highest BCUT2D eigenvalue weighted by Gasteiger charge is 2.18. The number of H-pyrrole nitrogens is 1. The van der Waals surface area contributed by atoms with Crippen LogP contribution in [0, 0.1) is 0 Å². The molecule has 0 aliphatic rings. The van der Waals surface area contributed by atoms with Crippen molar-refractivity contribution in [1.29, 1.82) is 0 Å². The number of hydrogen-bond donors (Lipinski definition) is 3. The summed E-state index contributed by atoms with van der Waals surface area (Å²) in [6.07, 6.45) is 1.43. The van der Waals surface area contributed by atoms with Crippen LogP contribution >= 0.6 is 11.8 Å². The van der Waals surface area contributed by atoms with Gasteiger partial charge in [0.1, 0.15) is 6.33 Å². The first kappa shape index (κ1) is 9.50. The van der Waals surface area contributed by atoms with Crippen molar-refractivity contribution < 1.29 is 5.11 Å². The van der Waals surface area contributed by atoms with Gasteiger partial charge in [0.15, 0.2) is 5.16 Å². The molecule has 0 aromatic carbocycles. The molecule has 0 fully saturated rings. The van der Waals surface area contributed by atoms with Gasteiger partial charge in [0, 0.05) is 12.3 Å². The maximum Gasteiger partial charge on any atom is 0.183 e. The van der Waals surface area contributed by atoms with Gasteiger partial charge in [0.05, 0.1) is 5.60 Å². The first-order valence-corrected chi connectivity index (χ1v) is 4.53. The van der Waals surface area contributed by atoms with E-state index in [-0.39, 0.29) is 6.54 Å². The lowest BCUT2D eigenvalue weighted by molar-refractivity contribution is 0.0949. The van der Waals surface area contributed by atoms with Crippen LogP contribution in [0.3, 0.4) is 0 Å². The van der Waals surface area contributed by atoms with Crippen LogP contribution in [-0.4, -0.2) is 38.2 Å². The van der Waals surface area contributed by atoms with Crippen LogP contribution in [0.1, 0.15) is 6.92 Å². The number of aromatic nitrogens is 3. The third-order valence-corrected chi connectivity index (χ3v) is 2.59. The number of hydrogen-bond acceptors (Lipinski definition) is 5. The molecule has 1 aromatic rings. The number of aromatic amines is 1. The van der Waals surface area contributed by atoms with Crippen molar-refractivity contribution in [1.82, 2.24) is 15.2 Å². The highest BCUT2D eigenvalue weighted by Crippen LogP contribution is 2.17. The number of nitrogens with one attached hydrogen (secondary N) is 1. The molecule has 1 aromatic heterocycles. The number of aliphatic hydroxyl groups is 1. The zero-order valence-electron chi connectivity index (χ0n) is 6.82. The fourth-order valence-corrected chi connectivity index (χ4v) is 1.35. The number of rotatable bonds is 4. The van der Waals surface area contributed by atoms with E-state index in [1.54, 1.807) is 6.92 Å². The SMILES string of the molecule is CC(O)(CN)CSc1ncn[nH]1. The Balaban J connectivity index is 2.36. The Hall–Kier alpha value is -0.590. The van der Waals surface area contributed by atoms with Crippen molar-refractivity contribution in [3.8, 4) is 0 Å². The minimum Gasteiger partial charge on any atom is -0.388 e. The molecule has 5 nitrogen and oxygen atoms in total. The standard InChI is InChI=1S/C6H12N4OS/c1-6(11,2-7)3-12-5-8-4-9-10-5/h4,11H,2-3,7H2,1H3,(H,8,9,10). The van der Waals surface area contributed by atoms with E-state index < -0.39 is 5.60 Å². The molecule has 0 bridgehead atoms. The molecule has 6 heteroatoms. The number of thioether (sulfide) groups is 1. The number of nitrogens with two attached hydrogens (primary N) is 1. The minimum absolute atomic E-state index is 0.244. The Morgan fingerprint density at radius 3 is 3.08 bits per heavy atom. The van der Waals surface area contributed by atoms with Gasteiger partial charge < -0.3 is 10.8 Å². The van der Waals surface area contributed by atoms with Gasteiger partial charge in [0.2, 0.25) is 0 Å². The van der Waals surface area contributed by atoms with E-state index in [0.717, 1.165) is 0 Å². The maximum atomic E-state index is 9.51. The molecule has 0 aliphatic heterocycles. The normalized spacial score (nSPS) is 15.9. The Kier molecular flexibility index (Phi) is 3.07. The van der Waals surface area contributed by atoms with Crippen molar-refractivity contribution in [3.05, 3.63) is 6.33 Å². The van der Waals surface area contributed by atoms with Crippen molar-refractivity contribution >= 4 is 11.8 Å². The van der Waals surface area contributed by atoms with Crippen LogP contribution in [-0.2, 0) is 0 Å². The van der Waals surface area contributed by atoms with E-state index in [4.69, 9.17) is 5.73 Å². The zero-order chi connectivity index (χ0) is 9.03. The molecule has 0 radical (unpaired) electrons. The molecule has 1 rings (SSSR count). The van der Waals surface area contributed by atoms with Gasteiger partial charge in [0.25, 0.3) is 0 Å². The topological polar surface area (TPSA) is 87.8 Å². The fourth-order valence-electron chi connectivity index (χ4n) is 0.547. The third-order valence-electron chi connectivity index (χ3n) is 1.35. The van der Waals surface area contributed by atoms with Crippen molar-refractivity contribution in [3.63, 3.8) is 0 Å². The first-order chi connectivity index (χ1) is 5.64. The summed E-state index contributed by atoms with van der Waals surface area (Å²) >= 11 is 1.40. The summed E-state index contributed by atoms with van der Waals surface area (Å²) in [4.78, 5) is 3.90. The zero-order valence-corrected chi connectivity index (χ0v) is 7.64. The molecule has 1 unspecified atom stereocenters. The van der Waals surface area contributed by atoms with Crippen molar-refractivity contribution in [2.45, 2.75) is 17.7 Å². The van der Waals surface area contributed by atoms with E-state index in [9.17, 15) is 5.11 Å². The summed E-state index contributed by atoms with van der Waals surface area (Å²) in [6.45, 7) is 1.94. The third kappa shape index (κ3) is 2.80. The van der Waals surface area contributed by atoms with E-state index in [1.807, 2.05) is 0 Å². The maximum absolute atomic E-state index is 9.51. The molecule has 1 atom stereocenters. The summed E-state index contributed by atoms with van der Waals surface area (Å²) < 4.78 is 0. The summed E-state index contributed by atoms with van der Waals surface area (Å²) in [7, 11) is 0. The van der Waals surface area contributed by atoms with Crippen LogP contribution in [0.2, 0.25) is 0 Å². The average molecular weight is 188 g/mol. The molecular formula is C6H12N4OS. The van der Waals surface area contributed by atoms with Gasteiger partial charge in [-0.05, 0) is 6.92 Å². The van der Waals surface area contributed by atoms with Crippen molar-refractivity contribution in [2.75, 3.05) is 12.3 Å². The molecule has 1 heterocycles. The largest absolute Gasteiger partial charge is 0.388 e. The number of nitrogens with zero attached hydrogens (tertiary/aromatic N) is 2. The highest BCUT2D eigenvalue weighted by atomic mass is 32.2. The van der Waals surface area contributed by atoms with Crippen LogP contribution in [0.25, 0.3) is 0 Å². The second-order valence-electron chi connectivity index (χ2n) is 2.78. The Morgan fingerprint density at radius 2 is 2.58 bits per heavy atom. The van der Waals surface area contributed by atoms with Crippen LogP contribution in [0.15, 0.2) is 11.5 Å². The summed E-state index contributed by atoms with van der Waals surface area (Å²) in [5, 5.41) is 16.6. The second kappa shape index (κ2) is 3.88. The van der Waals surface area contributed by atoms with Gasteiger partial charge in [-0.15, -0.1) is 0 Å². The highest BCUT2D eigenvalue weighted by molar-refractivity contribution is 7.99. The summed E-state index contributed by atoms with van der Waals surface area (Å²) in [5.41, 5.74) is 4.50. The fraction of sp³-hybridized carbons (Fsp3) is 0.667. The summed E-state index contributed by atoms with van der Waals surface area (Å²) in [5.74, 6) is 0.513. The molecule has 4 N–H and O–H groups in total. The molecule has 0 saturated heterocycles. The minimum atomic E-state index is -0.836. The lowest BCUT2D eigenvalue weighted by Crippen LogP contribution is -2.36. The monoisotopic (exact) mass is 188 g/mol. The smallest absolute Gasteiger partial charge is 0.183 e. The van der Waals surface area contributed by atoms with Gasteiger partial charge in [-0.2, -0.15) is 5.10 Å². The van der Waals surface area contributed by atoms with Gasteiger partial charge in [-0.1, -0.05) is 11.8 Å². The Labute approximate surface area is 74.8 Å². The molecule has 12 heavy (non-hydrogen) atoms. The van der Waals surface area contributed by atoms with E-state index in [2.05, 4.69) is 15.2 Å². The van der Waals surface area contributed by atoms with Crippen LogP contribution in [0.5, 0.6) is 0 Å². The molecule has 0 aliphatic carbocycles. The molecule has 0 spiro atoms. The average Bonchev–Trinajstić information content (AvgIpc) is 2.53. The van der Waals surface area contributed by atoms with Crippen molar-refractivity contribution in [2.24, 2.45) is 5.73 Å². The molecular weight excluding hydrogens is 176 g/mol. The predicted octanol–water partition coefficient (Wildman–Crippen LogP) is -0.394. The first-order valence-electron chi connectivity index (χ1n) is 3.55. The van der Waals surface area contributed by atoms with E-state index in [0.29, 0.717) is 10.9 Å². The predicted molar refractivity (Wildman–Crippen MR) is 46.8 cm³/mol. The van der Waals surface area contributed by atoms with Gasteiger partial charge in [-0.3, -0.25) is 5.10 Å². The second-order valence-corrected chi connectivity index (χ2v) is 3.74. The molecule has 68 valence electrons. The van der Waals surface area contributed by atoms with Crippen LogP contribution in [0.4, 0.5) is 0 Å². The lowest BCUT2D eigenvalue weighted by atomic mass is 10.1. The van der Waals surface area contributed by atoms with E-state index in [1.165, 1.54) is 18.1 Å². The Morgan fingerprint density at radius 1 is 1.83 bits per heavy atom. The Bertz CT molecular complexity index is 223. The quantitative estimate of drug-likeness (QED) is 0.560. The lowest BCUT2D eigenvalue weighted by Gasteiger charge is -2.18.